The number of benzene rings is 3. The van der Waals surface area contributed by atoms with Gasteiger partial charge in [0.05, 0.1) is 0 Å². The number of hydrogen-bond donors (Lipinski definition) is 0. The Morgan fingerprint density at radius 1 is 0.568 bits per heavy atom. The quantitative estimate of drug-likeness (QED) is 0.186. The Labute approximate surface area is 233 Å². The van der Waals surface area contributed by atoms with E-state index in [1.54, 1.807) is 12.7 Å². The molecule has 0 spiro atoms. The molecule has 0 fully saturated rings. The Kier molecular flexibility index (Phi) is 7.44. The van der Waals surface area contributed by atoms with E-state index in [1.807, 2.05) is 6.07 Å². The van der Waals surface area contributed by atoms with Crippen molar-refractivity contribution in [3.05, 3.63) is 96.8 Å². The molecular weight excluding hydrogens is 635 g/mol. The Balaban J connectivity index is 0.00000320. The van der Waals surface area contributed by atoms with Crippen LogP contribution in [0.1, 0.15) is 52.9 Å². The van der Waals surface area contributed by atoms with Crippen molar-refractivity contribution in [1.29, 1.82) is 0 Å². The number of aromatic nitrogens is 4. The summed E-state index contributed by atoms with van der Waals surface area (Å²) < 4.78 is 0. The fourth-order valence-corrected chi connectivity index (χ4v) is 4.18. The maximum Gasteiger partial charge on any atom is 2.00 e. The molecule has 2 heterocycles. The molecule has 5 rings (SSSR count). The van der Waals surface area contributed by atoms with Gasteiger partial charge in [-0.1, -0.05) is 81.8 Å². The summed E-state index contributed by atoms with van der Waals surface area (Å²) in [6, 6.07) is 28.1. The number of nitrogens with zero attached hydrogens (tertiary/aromatic N) is 4. The normalized spacial score (nSPS) is 11.8. The van der Waals surface area contributed by atoms with Gasteiger partial charge in [-0.3, -0.25) is 9.97 Å². The second-order valence-corrected chi connectivity index (χ2v) is 11.2. The number of fused-ring (bicyclic) bond motifs is 1. The molecule has 0 amide bonds. The molecule has 0 aliphatic carbocycles. The van der Waals surface area contributed by atoms with Gasteiger partial charge in [0.1, 0.15) is 12.7 Å². The summed E-state index contributed by atoms with van der Waals surface area (Å²) in [7, 11) is 0. The third-order valence-electron chi connectivity index (χ3n) is 6.29. The van der Waals surface area contributed by atoms with E-state index in [-0.39, 0.29) is 31.9 Å². The smallest absolute Gasteiger partial charge is 0.276 e. The van der Waals surface area contributed by atoms with Crippen molar-refractivity contribution in [3.63, 3.8) is 0 Å². The van der Waals surface area contributed by atoms with E-state index >= 15 is 0 Å². The summed E-state index contributed by atoms with van der Waals surface area (Å²) in [5.41, 5.74) is 7.63. The van der Waals surface area contributed by atoms with Crippen LogP contribution < -0.4 is 0 Å². The Bertz CT molecular complexity index is 1560. The molecule has 0 saturated carbocycles. The zero-order chi connectivity index (χ0) is 25.5. The SMILES string of the molecule is CC(C)(C)c1cc(-c2[c-]c(-c3cccc4ccc(-c5cc(C(C)(C)C)ncn5)[c-]c34)ccc2)ncn1.[Pt+2]. The van der Waals surface area contributed by atoms with Gasteiger partial charge in [0.2, 0.25) is 0 Å². The van der Waals surface area contributed by atoms with Crippen LogP contribution in [0.3, 0.4) is 0 Å². The van der Waals surface area contributed by atoms with E-state index in [9.17, 15) is 0 Å². The molecule has 0 bridgehead atoms. The summed E-state index contributed by atoms with van der Waals surface area (Å²) >= 11 is 0. The van der Waals surface area contributed by atoms with Gasteiger partial charge in [0, 0.05) is 33.6 Å². The van der Waals surface area contributed by atoms with Crippen LogP contribution in [0.25, 0.3) is 44.4 Å². The monoisotopic (exact) mass is 665 g/mol. The molecule has 37 heavy (non-hydrogen) atoms. The van der Waals surface area contributed by atoms with Crippen LogP contribution in [0.2, 0.25) is 0 Å². The minimum atomic E-state index is -0.0526. The molecule has 0 unspecified atom stereocenters. The standard InChI is InChI=1S/C32H30N4.Pt/c1-31(2,3)29-17-27(33-19-35-29)23-11-7-10-22(15-23)25-12-8-9-21-13-14-24(16-26(21)25)28-18-30(32(4,5)6)36-20-34-28;/h7-14,17-20H,1-6H3;/q-2;+2. The van der Waals surface area contributed by atoms with Gasteiger partial charge in [-0.25, -0.2) is 9.97 Å². The fourth-order valence-electron chi connectivity index (χ4n) is 4.18. The van der Waals surface area contributed by atoms with Crippen molar-refractivity contribution in [2.24, 2.45) is 0 Å². The average Bonchev–Trinajstić information content (AvgIpc) is 2.87. The topological polar surface area (TPSA) is 51.6 Å². The zero-order valence-electron chi connectivity index (χ0n) is 22.0. The molecular formula is C32H30N4Pt. The van der Waals surface area contributed by atoms with Crippen LogP contribution >= 0.6 is 0 Å². The van der Waals surface area contributed by atoms with E-state index < -0.39 is 0 Å². The van der Waals surface area contributed by atoms with Gasteiger partial charge in [-0.05, 0) is 12.1 Å². The minimum Gasteiger partial charge on any atom is -0.276 e. The van der Waals surface area contributed by atoms with Crippen LogP contribution in [0.15, 0.2) is 73.3 Å². The van der Waals surface area contributed by atoms with Gasteiger partial charge in [0.15, 0.2) is 0 Å². The Morgan fingerprint density at radius 2 is 1.11 bits per heavy atom. The maximum atomic E-state index is 4.55. The Morgan fingerprint density at radius 3 is 1.70 bits per heavy atom. The van der Waals surface area contributed by atoms with Gasteiger partial charge in [-0.15, -0.1) is 53.4 Å². The molecule has 3 aromatic carbocycles. The summed E-state index contributed by atoms with van der Waals surface area (Å²) in [6.45, 7) is 12.9. The average molecular weight is 666 g/mol. The van der Waals surface area contributed by atoms with Gasteiger partial charge < -0.3 is 0 Å². The van der Waals surface area contributed by atoms with Crippen molar-refractivity contribution >= 4 is 10.8 Å². The van der Waals surface area contributed by atoms with E-state index in [1.165, 1.54) is 0 Å². The molecule has 5 aromatic rings. The predicted molar refractivity (Wildman–Crippen MR) is 147 cm³/mol. The Hall–Kier alpha value is -3.23. The molecule has 0 saturated heterocycles. The number of hydrogen-bond acceptors (Lipinski definition) is 4. The largest absolute Gasteiger partial charge is 2.00 e. The molecule has 5 heteroatoms. The van der Waals surface area contributed by atoms with Gasteiger partial charge in [-0.2, -0.15) is 0 Å². The third kappa shape index (κ3) is 5.70. The van der Waals surface area contributed by atoms with Crippen molar-refractivity contribution in [1.82, 2.24) is 19.9 Å². The van der Waals surface area contributed by atoms with E-state index in [4.69, 9.17) is 0 Å². The summed E-state index contributed by atoms with van der Waals surface area (Å²) in [5, 5.41) is 2.16. The molecule has 2 aromatic heterocycles. The van der Waals surface area contributed by atoms with Crippen molar-refractivity contribution in [2.45, 2.75) is 52.4 Å². The van der Waals surface area contributed by atoms with Crippen LogP contribution in [-0.2, 0) is 31.9 Å². The first-order chi connectivity index (χ1) is 17.1. The molecule has 0 aliphatic rings. The van der Waals surface area contributed by atoms with E-state index in [0.29, 0.717) is 0 Å². The van der Waals surface area contributed by atoms with Crippen LogP contribution in [0.4, 0.5) is 0 Å². The first-order valence-corrected chi connectivity index (χ1v) is 12.2. The van der Waals surface area contributed by atoms with E-state index in [0.717, 1.165) is 55.8 Å². The third-order valence-corrected chi connectivity index (χ3v) is 6.29. The van der Waals surface area contributed by atoms with Crippen molar-refractivity contribution in [2.75, 3.05) is 0 Å². The van der Waals surface area contributed by atoms with Crippen LogP contribution in [-0.4, -0.2) is 19.9 Å². The van der Waals surface area contributed by atoms with Crippen molar-refractivity contribution < 1.29 is 21.1 Å². The molecule has 0 atom stereocenters. The molecule has 0 radical (unpaired) electrons. The van der Waals surface area contributed by atoms with Crippen LogP contribution in [0.5, 0.6) is 0 Å². The summed E-state index contributed by atoms with van der Waals surface area (Å²) in [6.07, 6.45) is 3.28. The summed E-state index contributed by atoms with van der Waals surface area (Å²) in [4.78, 5) is 18.0. The van der Waals surface area contributed by atoms with Gasteiger partial charge in [0.25, 0.3) is 0 Å². The predicted octanol–water partition coefficient (Wildman–Crippen LogP) is 7.61. The number of rotatable bonds is 3. The molecule has 0 N–H and O–H groups in total. The molecule has 0 aliphatic heterocycles. The van der Waals surface area contributed by atoms with Gasteiger partial charge >= 0.3 is 21.1 Å². The summed E-state index contributed by atoms with van der Waals surface area (Å²) in [5.74, 6) is 0. The first kappa shape index (κ1) is 26.8. The van der Waals surface area contributed by atoms with Crippen molar-refractivity contribution in [3.8, 4) is 33.6 Å². The minimum absolute atomic E-state index is 0. The van der Waals surface area contributed by atoms with E-state index in [2.05, 4.69) is 128 Å². The maximum absolute atomic E-state index is 4.55. The molecule has 188 valence electrons. The second-order valence-electron chi connectivity index (χ2n) is 11.2. The van der Waals surface area contributed by atoms with Crippen LogP contribution in [0, 0.1) is 12.1 Å². The first-order valence-electron chi connectivity index (χ1n) is 12.2. The fraction of sp³-hybridized carbons (Fsp3) is 0.250. The zero-order valence-corrected chi connectivity index (χ0v) is 24.3. The second kappa shape index (κ2) is 10.3. The molecule has 4 nitrogen and oxygen atoms in total.